The van der Waals surface area contributed by atoms with E-state index in [0.29, 0.717) is 11.8 Å². The Labute approximate surface area is 162 Å². The van der Waals surface area contributed by atoms with E-state index < -0.39 is 32.6 Å². The second kappa shape index (κ2) is 9.51. The average Bonchev–Trinajstić information content (AvgIpc) is 2.66. The van der Waals surface area contributed by atoms with E-state index in [9.17, 15) is 26.4 Å². The van der Waals surface area contributed by atoms with Crippen LogP contribution in [0.1, 0.15) is 51.0 Å². The second-order valence-corrected chi connectivity index (χ2v) is 8.45. The molecule has 1 heterocycles. The fourth-order valence-electron chi connectivity index (χ4n) is 2.74. The van der Waals surface area contributed by atoms with Crippen LogP contribution in [0.4, 0.5) is 13.2 Å². The van der Waals surface area contributed by atoms with Crippen molar-refractivity contribution < 1.29 is 31.2 Å². The molecule has 0 bridgehead atoms. The lowest BCUT2D eigenvalue weighted by Crippen LogP contribution is -2.38. The van der Waals surface area contributed by atoms with Crippen LogP contribution in [-0.2, 0) is 25.8 Å². The Bertz CT molecular complexity index is 812. The van der Waals surface area contributed by atoms with E-state index in [1.54, 1.807) is 0 Å². The minimum Gasteiger partial charge on any atom is -0.318 e. The molecule has 1 saturated heterocycles. The Morgan fingerprint density at radius 1 is 1.21 bits per heavy atom. The van der Waals surface area contributed by atoms with E-state index in [4.69, 9.17) is 4.84 Å². The number of benzene rings is 1. The Kier molecular flexibility index (Phi) is 7.59. The van der Waals surface area contributed by atoms with Crippen LogP contribution in [0.3, 0.4) is 0 Å². The number of unbranched alkanes of at least 4 members (excludes halogenated alkanes) is 2. The van der Waals surface area contributed by atoms with Crippen molar-refractivity contribution in [2.45, 2.75) is 56.5 Å². The summed E-state index contributed by atoms with van der Waals surface area (Å²) in [5.41, 5.74) is -0.456. The molecule has 0 atom stereocenters. The van der Waals surface area contributed by atoms with Gasteiger partial charge in [-0.2, -0.15) is 17.5 Å². The monoisotopic (exact) mass is 420 g/mol. The lowest BCUT2D eigenvalue weighted by molar-refractivity contribution is -0.144. The highest BCUT2D eigenvalue weighted by molar-refractivity contribution is 7.89. The van der Waals surface area contributed by atoms with Gasteiger partial charge in [0.15, 0.2) is 0 Å². The van der Waals surface area contributed by atoms with E-state index in [1.807, 2.05) is 6.92 Å². The van der Waals surface area contributed by atoms with Crippen LogP contribution in [0.25, 0.3) is 0 Å². The number of alkyl halides is 3. The average molecular weight is 420 g/mol. The van der Waals surface area contributed by atoms with E-state index in [0.717, 1.165) is 41.8 Å². The SMILES string of the molecule is CCCCCC(=O)ON=C1CCN(S(=O)(=O)c2cccc(C(F)(F)F)c2)CC1. The second-order valence-electron chi connectivity index (χ2n) is 6.51. The maximum Gasteiger partial charge on any atom is 0.416 e. The fraction of sp³-hybridized carbons (Fsp3) is 0.556. The molecule has 1 aromatic rings. The molecule has 0 unspecified atom stereocenters. The van der Waals surface area contributed by atoms with Gasteiger partial charge < -0.3 is 4.84 Å². The molecule has 156 valence electrons. The Morgan fingerprint density at radius 2 is 1.89 bits per heavy atom. The summed E-state index contributed by atoms with van der Waals surface area (Å²) in [7, 11) is -4.04. The van der Waals surface area contributed by atoms with Crippen LogP contribution < -0.4 is 0 Å². The molecule has 1 aromatic carbocycles. The molecule has 0 spiro atoms. The quantitative estimate of drug-likeness (QED) is 0.380. The van der Waals surface area contributed by atoms with Gasteiger partial charge in [0.05, 0.1) is 16.2 Å². The molecule has 6 nitrogen and oxygen atoms in total. The summed E-state index contributed by atoms with van der Waals surface area (Å²) in [5.74, 6) is -0.431. The first-order chi connectivity index (χ1) is 13.1. The minimum atomic E-state index is -4.62. The third-order valence-electron chi connectivity index (χ3n) is 4.36. The van der Waals surface area contributed by atoms with Crippen molar-refractivity contribution in [2.24, 2.45) is 5.16 Å². The van der Waals surface area contributed by atoms with Crippen LogP contribution in [-0.4, -0.2) is 37.5 Å². The lowest BCUT2D eigenvalue weighted by atomic mass is 10.1. The number of nitrogens with zero attached hydrogens (tertiary/aromatic N) is 2. The van der Waals surface area contributed by atoms with Crippen molar-refractivity contribution >= 4 is 21.7 Å². The molecular formula is C18H23F3N2O4S. The topological polar surface area (TPSA) is 76.0 Å². The van der Waals surface area contributed by atoms with Gasteiger partial charge in [-0.15, -0.1) is 0 Å². The van der Waals surface area contributed by atoms with Crippen LogP contribution in [0.2, 0.25) is 0 Å². The Morgan fingerprint density at radius 3 is 2.50 bits per heavy atom. The Balaban J connectivity index is 1.97. The molecule has 1 fully saturated rings. The fourth-order valence-corrected chi connectivity index (χ4v) is 4.23. The number of carbonyl (C=O) groups is 1. The van der Waals surface area contributed by atoms with Gasteiger partial charge in [-0.3, -0.25) is 0 Å². The van der Waals surface area contributed by atoms with Crippen molar-refractivity contribution in [1.82, 2.24) is 4.31 Å². The first kappa shape index (κ1) is 22.4. The third-order valence-corrected chi connectivity index (χ3v) is 6.25. The molecule has 0 amide bonds. The summed E-state index contributed by atoms with van der Waals surface area (Å²) in [6, 6.07) is 3.68. The van der Waals surface area contributed by atoms with E-state index in [2.05, 4.69) is 5.16 Å². The highest BCUT2D eigenvalue weighted by Crippen LogP contribution is 2.31. The van der Waals surface area contributed by atoms with E-state index in [-0.39, 0.29) is 32.4 Å². The normalized spacial score (nSPS) is 16.1. The zero-order valence-corrected chi connectivity index (χ0v) is 16.4. The van der Waals surface area contributed by atoms with Crippen molar-refractivity contribution in [3.8, 4) is 0 Å². The number of sulfonamides is 1. The Hall–Kier alpha value is -1.94. The molecule has 1 aliphatic rings. The largest absolute Gasteiger partial charge is 0.416 e. The smallest absolute Gasteiger partial charge is 0.318 e. The molecule has 0 aliphatic carbocycles. The van der Waals surface area contributed by atoms with Gasteiger partial charge in [-0.1, -0.05) is 31.0 Å². The molecule has 0 saturated carbocycles. The van der Waals surface area contributed by atoms with Gasteiger partial charge in [-0.25, -0.2) is 13.2 Å². The molecule has 0 radical (unpaired) electrons. The van der Waals surface area contributed by atoms with Crippen LogP contribution in [0, 0.1) is 0 Å². The number of carbonyl (C=O) groups excluding carboxylic acids is 1. The van der Waals surface area contributed by atoms with E-state index in [1.165, 1.54) is 0 Å². The molecular weight excluding hydrogens is 397 g/mol. The molecule has 1 aliphatic heterocycles. The number of piperidine rings is 1. The van der Waals surface area contributed by atoms with Gasteiger partial charge in [-0.05, 0) is 24.6 Å². The van der Waals surface area contributed by atoms with Gasteiger partial charge in [0, 0.05) is 32.4 Å². The van der Waals surface area contributed by atoms with Crippen LogP contribution >= 0.6 is 0 Å². The summed E-state index contributed by atoms with van der Waals surface area (Å²) < 4.78 is 64.8. The lowest BCUT2D eigenvalue weighted by Gasteiger charge is -2.26. The van der Waals surface area contributed by atoms with E-state index >= 15 is 0 Å². The summed E-state index contributed by atoms with van der Waals surface area (Å²) in [6.45, 7) is 2.14. The molecule has 28 heavy (non-hydrogen) atoms. The van der Waals surface area contributed by atoms with Gasteiger partial charge >= 0.3 is 12.1 Å². The maximum atomic E-state index is 12.8. The molecule has 0 aromatic heterocycles. The summed E-state index contributed by atoms with van der Waals surface area (Å²) >= 11 is 0. The molecule has 2 rings (SSSR count). The number of hydrogen-bond acceptors (Lipinski definition) is 5. The van der Waals surface area contributed by atoms with Crippen molar-refractivity contribution in [3.63, 3.8) is 0 Å². The standard InChI is InChI=1S/C18H23F3N2O4S/c1-2-3-4-8-17(24)27-22-15-9-11-23(12-10-15)28(25,26)16-7-5-6-14(13-16)18(19,20)21/h5-7,13H,2-4,8-12H2,1H3. The number of oxime groups is 1. The number of hydrogen-bond donors (Lipinski definition) is 0. The van der Waals surface area contributed by atoms with Crippen LogP contribution in [0.5, 0.6) is 0 Å². The zero-order valence-electron chi connectivity index (χ0n) is 15.5. The van der Waals surface area contributed by atoms with Crippen LogP contribution in [0.15, 0.2) is 34.3 Å². The third kappa shape index (κ3) is 6.03. The molecule has 0 N–H and O–H groups in total. The van der Waals surface area contributed by atoms with Gasteiger partial charge in [0.2, 0.25) is 10.0 Å². The first-order valence-electron chi connectivity index (χ1n) is 9.07. The van der Waals surface area contributed by atoms with Crippen molar-refractivity contribution in [3.05, 3.63) is 29.8 Å². The number of rotatable bonds is 7. The van der Waals surface area contributed by atoms with Crippen molar-refractivity contribution in [2.75, 3.05) is 13.1 Å². The zero-order chi connectivity index (χ0) is 20.8. The van der Waals surface area contributed by atoms with Gasteiger partial charge in [0.1, 0.15) is 0 Å². The summed E-state index contributed by atoms with van der Waals surface area (Å²) in [5, 5.41) is 3.79. The summed E-state index contributed by atoms with van der Waals surface area (Å²) in [6.07, 6.45) is -1.20. The summed E-state index contributed by atoms with van der Waals surface area (Å²) in [4.78, 5) is 16.0. The highest BCUT2D eigenvalue weighted by Gasteiger charge is 2.33. The maximum absolute atomic E-state index is 12.8. The highest BCUT2D eigenvalue weighted by atomic mass is 32.2. The predicted octanol–water partition coefficient (Wildman–Crippen LogP) is 3.97. The first-order valence-corrected chi connectivity index (χ1v) is 10.5. The predicted molar refractivity (Wildman–Crippen MR) is 97.1 cm³/mol. The van der Waals surface area contributed by atoms with Crippen molar-refractivity contribution in [1.29, 1.82) is 0 Å². The molecule has 10 heteroatoms. The minimum absolute atomic E-state index is 0.0603. The van der Waals surface area contributed by atoms with Gasteiger partial charge in [0.25, 0.3) is 0 Å². The number of halogens is 3.